The zero-order valence-electron chi connectivity index (χ0n) is 71.7. The summed E-state index contributed by atoms with van der Waals surface area (Å²) in [4.78, 5) is 74.4. The van der Waals surface area contributed by atoms with Crippen LogP contribution >= 0.6 is 64.8 Å². The van der Waals surface area contributed by atoms with Gasteiger partial charge in [0.1, 0.15) is 104 Å². The molecule has 0 aliphatic heterocycles. The standard InChI is InChI=1S/C34H20N6O.C18H12N4O.C17H11BrN2.C17H10N4O.C14H12N2.C4H2Br2N2.C2H4O2.BrH/c1-3-9-29-24(7-1)25-15-13-22(18-31(25)39(29)32-11-5-6-16-36-32)41-21-12-14-23-26(17-21)34-38-28-8-2-4-10-30(28)40(34)33-27(23)19-35-20-37-33;1-23-11-6-7-12-13(8-11)18-21-15-4-2-3-5-16(15)22(18)17-14(12)9-19-10-20-17;18-12-8-9-14-13-5-1-2-6-15(13)20(16(14)11-12)17-7-3-4-10-19-17;22-10-5-6-11-12(7-10)17-20-14-3-1-2-4-15(14)21(17)16-13(11)8-18-9-19-16;1-10-5-4-6-11(9-10)14-15-12-7-2-3-8-13(12)16-14;5-3-1-7-2-8-4(3)6;1-2(3)4;/h1-20H;2-10H,1H3;1-11H;1-9,22H;2-9H,1H3,(H,15,16);1-2H;1H3,(H,3,4);1H. The second kappa shape index (κ2) is 37.4. The number of hydrogen-bond donors (Lipinski definition) is 3. The zero-order chi connectivity index (χ0) is 91.0. The number of carbonyl (C=O) groups is 1. The first-order chi connectivity index (χ1) is 65.7. The van der Waals surface area contributed by atoms with E-state index in [9.17, 15) is 5.11 Å². The Labute approximate surface area is 802 Å². The number of aromatic amines is 1. The topological polar surface area (TPSA) is 295 Å². The number of phenols is 1. The van der Waals surface area contributed by atoms with Crippen molar-refractivity contribution >= 4 is 241 Å². The molecule has 0 aliphatic carbocycles. The van der Waals surface area contributed by atoms with E-state index in [2.05, 4.69) is 260 Å². The maximum absolute atomic E-state index is 9.87. The van der Waals surface area contributed by atoms with Crippen LogP contribution in [-0.2, 0) is 4.79 Å². The number of rotatable bonds is 6. The van der Waals surface area contributed by atoms with Crippen LogP contribution in [0.4, 0.5) is 0 Å². The number of aliphatic carboxylic acids is 1. The summed E-state index contributed by atoms with van der Waals surface area (Å²) >= 11 is 9.98. The van der Waals surface area contributed by atoms with E-state index in [-0.39, 0.29) is 22.7 Å². The van der Waals surface area contributed by atoms with Gasteiger partial charge in [0.25, 0.3) is 5.97 Å². The Kier molecular flexibility index (Phi) is 24.0. The molecule has 27 aromatic rings. The molecule has 135 heavy (non-hydrogen) atoms. The van der Waals surface area contributed by atoms with Crippen molar-refractivity contribution in [3.05, 3.63) is 379 Å². The van der Waals surface area contributed by atoms with Crippen LogP contribution in [-0.4, -0.2) is 120 Å². The van der Waals surface area contributed by atoms with Crippen LogP contribution in [0, 0.1) is 6.92 Å². The van der Waals surface area contributed by atoms with Crippen molar-refractivity contribution in [3.8, 4) is 46.0 Å². The summed E-state index contributed by atoms with van der Waals surface area (Å²) in [5, 5.41) is 31.0. The van der Waals surface area contributed by atoms with E-state index < -0.39 is 5.97 Å². The number of H-pyrrole nitrogens is 1. The number of fused-ring (bicyclic) bond motifs is 31. The second-order valence-electron chi connectivity index (χ2n) is 31.1. The van der Waals surface area contributed by atoms with Gasteiger partial charge in [0.2, 0.25) is 0 Å². The van der Waals surface area contributed by atoms with Crippen LogP contribution in [0.25, 0.3) is 193 Å². The molecular weight excluding hydrogens is 1950 g/mol. The summed E-state index contributed by atoms with van der Waals surface area (Å²) in [5.74, 6) is 4.40. The molecule has 0 radical (unpaired) electrons. The number of halogens is 4. The van der Waals surface area contributed by atoms with Gasteiger partial charge in [-0.1, -0.05) is 143 Å². The molecule has 0 amide bonds. The van der Waals surface area contributed by atoms with E-state index in [1.54, 1.807) is 50.6 Å². The van der Waals surface area contributed by atoms with E-state index in [1.807, 2.05) is 187 Å². The Morgan fingerprint density at radius 2 is 0.770 bits per heavy atom. The number of nitrogens with zero attached hydrogens (tertiary/aromatic N) is 19. The molecule has 654 valence electrons. The predicted molar refractivity (Wildman–Crippen MR) is 550 cm³/mol. The lowest BCUT2D eigenvalue weighted by Gasteiger charge is -2.11. The Morgan fingerprint density at radius 3 is 1.25 bits per heavy atom. The minimum absolute atomic E-state index is 0. The molecule has 0 bridgehead atoms. The maximum atomic E-state index is 9.87. The summed E-state index contributed by atoms with van der Waals surface area (Å²) in [6.07, 6.45) is 17.0. The average molecular weight is 2030 g/mol. The lowest BCUT2D eigenvalue weighted by Crippen LogP contribution is -1.96. The molecule has 15 aromatic heterocycles. The summed E-state index contributed by atoms with van der Waals surface area (Å²) in [6, 6.07) is 99.4. The third-order valence-corrected chi connectivity index (χ3v) is 25.0. The first kappa shape index (κ1) is 86.6. The van der Waals surface area contributed by atoms with Gasteiger partial charge in [-0.25, -0.2) is 69.8 Å². The van der Waals surface area contributed by atoms with Crippen molar-refractivity contribution < 1.29 is 24.5 Å². The Morgan fingerprint density at radius 1 is 0.356 bits per heavy atom. The highest BCUT2D eigenvalue weighted by atomic mass is 79.9. The van der Waals surface area contributed by atoms with Gasteiger partial charge in [-0.15, -0.1) is 17.0 Å². The fraction of sp³-hybridized carbons (Fsp3) is 0.0283. The summed E-state index contributed by atoms with van der Waals surface area (Å²) in [6.45, 7) is 3.17. The monoisotopic (exact) mass is 2020 g/mol. The third kappa shape index (κ3) is 16.7. The number of benzene rings is 12. The molecule has 0 saturated heterocycles. The lowest BCUT2D eigenvalue weighted by molar-refractivity contribution is -0.134. The fourth-order valence-electron chi connectivity index (χ4n) is 17.1. The molecule has 0 aliphatic rings. The number of phenolic OH excluding ortho intramolecular Hbond substituents is 1. The molecular formula is C106H72Br4N20O5. The van der Waals surface area contributed by atoms with E-state index in [0.29, 0.717) is 0 Å². The Bertz CT molecular complexity index is 9180. The van der Waals surface area contributed by atoms with Gasteiger partial charge in [0.15, 0.2) is 0 Å². The van der Waals surface area contributed by atoms with Gasteiger partial charge in [0.05, 0.1) is 77.8 Å². The number of aryl methyl sites for hydroxylation is 1. The van der Waals surface area contributed by atoms with Crippen molar-refractivity contribution in [2.45, 2.75) is 13.8 Å². The molecule has 15 heterocycles. The van der Waals surface area contributed by atoms with Crippen molar-refractivity contribution in [2.75, 3.05) is 7.11 Å². The molecule has 29 heteroatoms. The van der Waals surface area contributed by atoms with E-state index in [1.165, 1.54) is 39.1 Å². The Balaban J connectivity index is 0.000000105. The molecule has 0 atom stereocenters. The van der Waals surface area contributed by atoms with E-state index in [0.717, 1.165) is 204 Å². The number of aromatic nitrogens is 20. The molecule has 0 saturated carbocycles. The number of carboxylic acid groups (broad SMARTS) is 1. The normalized spacial score (nSPS) is 11.2. The highest BCUT2D eigenvalue weighted by molar-refractivity contribution is 9.13. The van der Waals surface area contributed by atoms with Crippen molar-refractivity contribution in [3.63, 3.8) is 0 Å². The first-order valence-electron chi connectivity index (χ1n) is 42.3. The molecule has 0 spiro atoms. The second-order valence-corrected chi connectivity index (χ2v) is 33.6. The van der Waals surface area contributed by atoms with Gasteiger partial charge in [-0.05, 0) is 225 Å². The largest absolute Gasteiger partial charge is 0.508 e. The number of aromatic hydroxyl groups is 1. The lowest BCUT2D eigenvalue weighted by atomic mass is 10.1. The quantitative estimate of drug-likeness (QED) is 0.103. The van der Waals surface area contributed by atoms with Crippen molar-refractivity contribution in [2.24, 2.45) is 0 Å². The number of imidazole rings is 4. The number of nitrogens with one attached hydrogen (secondary N) is 1. The SMILES string of the molecule is Br.Brc1ccc2c3ccccc3n(-c3ccccn3)c2c1.Brc1cncnc1Br.CC(=O)O.COc1ccc2c3cncnc3n3c4ccccc4nc3c2c1.Cc1cccc(-c2nc3ccccc3[nH]2)c1.Oc1ccc2c3cncnc3n3c4ccccc4nc3c2c1.c1ccc(-n2c3ccccc3c3ccc(Oc4ccc5c6cncnc6n6c7ccccc7nc6c5c4)cc32)nc1. The van der Waals surface area contributed by atoms with Crippen LogP contribution < -0.4 is 9.47 Å². The minimum Gasteiger partial charge on any atom is -0.508 e. The fourth-order valence-corrected chi connectivity index (χ4v) is 17.9. The van der Waals surface area contributed by atoms with Gasteiger partial charge >= 0.3 is 0 Å². The smallest absolute Gasteiger partial charge is 0.300 e. The number of hydrogen-bond acceptors (Lipinski definition) is 18. The molecule has 0 unspecified atom stereocenters. The third-order valence-electron chi connectivity index (χ3n) is 22.8. The van der Waals surface area contributed by atoms with Crippen LogP contribution in [0.3, 0.4) is 0 Å². The number of ether oxygens (including phenoxy) is 2. The van der Waals surface area contributed by atoms with E-state index in [4.69, 9.17) is 34.3 Å². The molecule has 12 aromatic carbocycles. The first-order valence-corrected chi connectivity index (χ1v) is 44.7. The molecule has 0 fully saturated rings. The minimum atomic E-state index is -0.833. The maximum Gasteiger partial charge on any atom is 0.300 e. The summed E-state index contributed by atoms with van der Waals surface area (Å²) in [5.41, 5.74) is 19.8. The van der Waals surface area contributed by atoms with Crippen LogP contribution in [0.1, 0.15) is 12.5 Å². The molecule has 25 nitrogen and oxygen atoms in total. The molecule has 3 N–H and O–H groups in total. The summed E-state index contributed by atoms with van der Waals surface area (Å²) < 4.78 is 25.2. The molecule has 27 rings (SSSR count). The van der Waals surface area contributed by atoms with E-state index >= 15 is 0 Å². The van der Waals surface area contributed by atoms with Gasteiger partial charge in [-0.2, -0.15) is 0 Å². The number of carboxylic acids is 1. The van der Waals surface area contributed by atoms with Crippen LogP contribution in [0.5, 0.6) is 23.0 Å². The highest BCUT2D eigenvalue weighted by Crippen LogP contribution is 2.41. The van der Waals surface area contributed by atoms with Crippen molar-refractivity contribution in [1.29, 1.82) is 0 Å². The summed E-state index contributed by atoms with van der Waals surface area (Å²) in [7, 11) is 1.67. The van der Waals surface area contributed by atoms with Gasteiger partial charge in [0, 0.05) is 114 Å². The van der Waals surface area contributed by atoms with Crippen LogP contribution in [0.15, 0.2) is 373 Å². The number of pyridine rings is 5. The predicted octanol–water partition coefficient (Wildman–Crippen LogP) is 25.9. The zero-order valence-corrected chi connectivity index (χ0v) is 78.2. The average Bonchev–Trinajstić information content (AvgIpc) is 1.62. The number of para-hydroxylation sites is 10. The Hall–Kier alpha value is -16.5. The van der Waals surface area contributed by atoms with Crippen molar-refractivity contribution in [1.82, 2.24) is 97.1 Å². The highest BCUT2D eigenvalue weighted by Gasteiger charge is 2.22. The van der Waals surface area contributed by atoms with Gasteiger partial charge < -0.3 is 24.7 Å². The van der Waals surface area contributed by atoms with Gasteiger partial charge in [-0.3, -0.25) is 27.1 Å². The van der Waals surface area contributed by atoms with Crippen LogP contribution in [0.2, 0.25) is 0 Å². The number of methoxy groups -OCH3 is 1.